The highest BCUT2D eigenvalue weighted by Gasteiger charge is 2.01. The van der Waals surface area contributed by atoms with Gasteiger partial charge in [0.2, 0.25) is 0 Å². The predicted octanol–water partition coefficient (Wildman–Crippen LogP) is 0.359. The summed E-state index contributed by atoms with van der Waals surface area (Å²) >= 11 is 0. The van der Waals surface area contributed by atoms with Gasteiger partial charge in [0.1, 0.15) is 0 Å². The molecule has 0 aliphatic heterocycles. The Labute approximate surface area is 38.1 Å². The topological polar surface area (TPSA) is 83.8 Å². The van der Waals surface area contributed by atoms with Crippen molar-refractivity contribution < 1.29 is 24.5 Å². The van der Waals surface area contributed by atoms with Crippen LogP contribution >= 0.6 is 0 Å². The highest BCUT2D eigenvalue weighted by atomic mass is 16.7. The lowest BCUT2D eigenvalue weighted by Crippen LogP contribution is -2.05. The summed E-state index contributed by atoms with van der Waals surface area (Å²) < 4.78 is 3.08. The molecule has 0 saturated carbocycles. The fraction of sp³-hybridized carbons (Fsp3) is 0. The zero-order valence-corrected chi connectivity index (χ0v) is 3.12. The molecule has 5 heteroatoms. The van der Waals surface area contributed by atoms with E-state index in [9.17, 15) is 9.59 Å². The smallest absolute Gasteiger partial charge is 0.449 e. The molecule has 7 heavy (non-hydrogen) atoms. The van der Waals surface area contributed by atoms with Gasteiger partial charge in [-0.25, -0.2) is 9.59 Å². The largest absolute Gasteiger partial charge is 0.516 e. The summed E-state index contributed by atoms with van der Waals surface area (Å²) in [4.78, 5) is 18.4. The van der Waals surface area contributed by atoms with Gasteiger partial charge in [-0.3, -0.25) is 0 Å². The second-order valence-electron chi connectivity index (χ2n) is 0.634. The molecule has 0 amide bonds. The summed E-state index contributed by atoms with van der Waals surface area (Å²) in [5.74, 6) is 0. The highest BCUT2D eigenvalue weighted by molar-refractivity contribution is 5.74. The van der Waals surface area contributed by atoms with E-state index in [1.165, 1.54) is 0 Å². The van der Waals surface area contributed by atoms with E-state index in [1.807, 2.05) is 0 Å². The molecule has 0 atom stereocenters. The lowest BCUT2D eigenvalue weighted by Gasteiger charge is -1.84. The highest BCUT2D eigenvalue weighted by Crippen LogP contribution is 1.73. The van der Waals surface area contributed by atoms with Crippen LogP contribution in [0.2, 0.25) is 0 Å². The van der Waals surface area contributed by atoms with Crippen LogP contribution < -0.4 is 0 Å². The molecule has 0 aromatic heterocycles. The molecular weight excluding hydrogens is 104 g/mol. The molecule has 0 bridgehead atoms. The Morgan fingerprint density at radius 3 is 1.43 bits per heavy atom. The van der Waals surface area contributed by atoms with Gasteiger partial charge in [0.15, 0.2) is 0 Å². The Kier molecular flexibility index (Phi) is 1.65. The number of carboxylic acid groups (broad SMARTS) is 2. The molecule has 0 saturated heterocycles. The van der Waals surface area contributed by atoms with E-state index in [0.717, 1.165) is 0 Å². The predicted molar refractivity (Wildman–Crippen MR) is 17.1 cm³/mol. The quantitative estimate of drug-likeness (QED) is 0.344. The Balaban J connectivity index is 3.32. The van der Waals surface area contributed by atoms with E-state index in [-0.39, 0.29) is 0 Å². The van der Waals surface area contributed by atoms with Crippen LogP contribution in [0.5, 0.6) is 0 Å². The third-order valence-corrected chi connectivity index (χ3v) is 0.175. The van der Waals surface area contributed by atoms with E-state index >= 15 is 0 Å². The molecule has 0 aromatic carbocycles. The summed E-state index contributed by atoms with van der Waals surface area (Å²) in [5, 5.41) is 15.0. The van der Waals surface area contributed by atoms with Crippen LogP contribution in [0.3, 0.4) is 0 Å². The average molecular weight is 106 g/mol. The summed E-state index contributed by atoms with van der Waals surface area (Å²) in [7, 11) is 0. The lowest BCUT2D eigenvalue weighted by molar-refractivity contribution is 0.0802. The Bertz CT molecular complexity index is 82.3. The maximum atomic E-state index is 9.21. The normalized spacial score (nSPS) is 7.43. The first-order valence-corrected chi connectivity index (χ1v) is 1.26. The van der Waals surface area contributed by atoms with Gasteiger partial charge >= 0.3 is 12.3 Å². The first kappa shape index (κ1) is 5.74. The first-order chi connectivity index (χ1) is 3.13. The van der Waals surface area contributed by atoms with Crippen LogP contribution in [0.15, 0.2) is 0 Å². The molecule has 0 fully saturated rings. The molecular formula is C2H2O5. The van der Waals surface area contributed by atoms with Crippen LogP contribution in [0.4, 0.5) is 9.59 Å². The third-order valence-electron chi connectivity index (χ3n) is 0.175. The number of carbonyl (C=O) groups is 2. The van der Waals surface area contributed by atoms with Crippen molar-refractivity contribution >= 4 is 12.3 Å². The summed E-state index contributed by atoms with van der Waals surface area (Å²) in [5.41, 5.74) is 0. The molecule has 0 aromatic rings. The van der Waals surface area contributed by atoms with Gasteiger partial charge in [0.05, 0.1) is 0 Å². The summed E-state index contributed by atoms with van der Waals surface area (Å²) in [6, 6.07) is 0. The van der Waals surface area contributed by atoms with E-state index in [4.69, 9.17) is 10.2 Å². The van der Waals surface area contributed by atoms with Crippen LogP contribution in [0.25, 0.3) is 0 Å². The van der Waals surface area contributed by atoms with Crippen molar-refractivity contribution in [1.82, 2.24) is 0 Å². The van der Waals surface area contributed by atoms with E-state index in [1.54, 1.807) is 0 Å². The maximum absolute atomic E-state index is 9.21. The standard InChI is InChI=1S/C2H2O5/c3-1(4)7-2(5)6/h(H,3,4)(H,5,6). The second-order valence-corrected chi connectivity index (χ2v) is 0.634. The lowest BCUT2D eigenvalue weighted by atomic mass is 11.3. The van der Waals surface area contributed by atoms with Gasteiger partial charge in [0, 0.05) is 0 Å². The molecule has 0 spiro atoms. The van der Waals surface area contributed by atoms with E-state index in [2.05, 4.69) is 4.74 Å². The first-order valence-electron chi connectivity index (χ1n) is 1.26. The van der Waals surface area contributed by atoms with Crippen molar-refractivity contribution in [1.29, 1.82) is 0 Å². The van der Waals surface area contributed by atoms with Gasteiger partial charge in [-0.15, -0.1) is 0 Å². The molecule has 0 unspecified atom stereocenters. The van der Waals surface area contributed by atoms with Gasteiger partial charge < -0.3 is 14.9 Å². The van der Waals surface area contributed by atoms with Gasteiger partial charge in [-0.05, 0) is 0 Å². The van der Waals surface area contributed by atoms with Crippen LogP contribution in [-0.4, -0.2) is 22.5 Å². The average Bonchev–Trinajstić information content (AvgIpc) is 1.27. The van der Waals surface area contributed by atoms with Crippen molar-refractivity contribution in [2.45, 2.75) is 0 Å². The van der Waals surface area contributed by atoms with Crippen molar-refractivity contribution in [3.05, 3.63) is 0 Å². The second kappa shape index (κ2) is 2.01. The zero-order chi connectivity index (χ0) is 5.86. The number of rotatable bonds is 0. The van der Waals surface area contributed by atoms with Crippen LogP contribution in [0.1, 0.15) is 0 Å². The molecule has 0 heterocycles. The van der Waals surface area contributed by atoms with Crippen molar-refractivity contribution in [3.63, 3.8) is 0 Å². The number of ether oxygens (including phenoxy) is 1. The summed E-state index contributed by atoms with van der Waals surface area (Å²) in [6.07, 6.45) is -3.62. The van der Waals surface area contributed by atoms with Crippen molar-refractivity contribution in [2.75, 3.05) is 0 Å². The summed E-state index contributed by atoms with van der Waals surface area (Å²) in [6.45, 7) is 0. The zero-order valence-electron chi connectivity index (χ0n) is 3.12. The number of hydrogen-bond acceptors (Lipinski definition) is 3. The van der Waals surface area contributed by atoms with E-state index < -0.39 is 12.3 Å². The SMILES string of the molecule is O=C(O)OC(=O)O. The van der Waals surface area contributed by atoms with Crippen LogP contribution in [-0.2, 0) is 4.74 Å². The fourth-order valence-corrected chi connectivity index (χ4v) is 0.0747. The van der Waals surface area contributed by atoms with E-state index in [0.29, 0.717) is 0 Å². The molecule has 40 valence electrons. The van der Waals surface area contributed by atoms with Gasteiger partial charge in [-0.1, -0.05) is 0 Å². The van der Waals surface area contributed by atoms with Crippen LogP contribution in [0, 0.1) is 0 Å². The number of hydrogen-bond donors (Lipinski definition) is 2. The molecule has 2 N–H and O–H groups in total. The van der Waals surface area contributed by atoms with Crippen molar-refractivity contribution in [2.24, 2.45) is 0 Å². The van der Waals surface area contributed by atoms with Crippen molar-refractivity contribution in [3.8, 4) is 0 Å². The maximum Gasteiger partial charge on any atom is 0.516 e. The Morgan fingerprint density at radius 1 is 1.14 bits per heavy atom. The van der Waals surface area contributed by atoms with Gasteiger partial charge in [0.25, 0.3) is 0 Å². The molecule has 0 radical (unpaired) electrons. The monoisotopic (exact) mass is 106 g/mol. The minimum Gasteiger partial charge on any atom is -0.449 e. The minimum absolute atomic E-state index is 1.81. The Hall–Kier alpha value is -1.26. The van der Waals surface area contributed by atoms with Gasteiger partial charge in [-0.2, -0.15) is 0 Å². The Morgan fingerprint density at radius 2 is 1.43 bits per heavy atom. The molecule has 0 aliphatic rings. The fourth-order valence-electron chi connectivity index (χ4n) is 0.0747. The molecule has 0 aliphatic carbocycles. The minimum atomic E-state index is -1.81. The molecule has 0 rings (SSSR count). The third kappa shape index (κ3) is 4.74. The molecule has 5 nitrogen and oxygen atoms in total.